The fourth-order valence-corrected chi connectivity index (χ4v) is 10.5. The average molecular weight is 1270 g/mol. The molecule has 486 valence electrons. The van der Waals surface area contributed by atoms with E-state index in [2.05, 4.69) is 41.5 Å². The average Bonchev–Trinajstić information content (AvgIpc) is 1.95. The van der Waals surface area contributed by atoms with E-state index >= 15 is 8.78 Å². The first-order valence-electron chi connectivity index (χ1n) is 28.2. The highest BCUT2D eigenvalue weighted by Crippen LogP contribution is 2.42. The fraction of sp³-hybridized carbons (Fsp3) is 0.542. The number of methoxy groups -OCH3 is 2. The van der Waals surface area contributed by atoms with Gasteiger partial charge in [0.25, 0.3) is 5.91 Å². The quantitative estimate of drug-likeness (QED) is 0.0244. The van der Waals surface area contributed by atoms with Crippen LogP contribution in [0.5, 0.6) is 0 Å². The van der Waals surface area contributed by atoms with Crippen molar-refractivity contribution < 1.29 is 87.2 Å². The Hall–Kier alpha value is -7.91. The van der Waals surface area contributed by atoms with E-state index in [1.54, 1.807) is 16.4 Å². The van der Waals surface area contributed by atoms with Gasteiger partial charge in [0.05, 0.1) is 43.4 Å². The molecule has 7 rings (SSSR count). The standard InChI is InChI=1S/C59H71F10N11O9/c1-55(2,3)89-54(86)77-25-36(26-77)27-79-39-17-18-40(79)30-76(29-39)46-19-16-35(23-70-46)15-12-33-10-13-34(14-11-33)20-44(72-49(82)47(73-52(84)87-8)56(4,5)58(64,65)66)45(81)32-78(75-50(83)48(74-53(85)88-9)57(6,7)59(67,68)69)31-41-42(60)21-37(22-43(41)61)38-24-71-80(28-38)51(62)63/h10-11,13-14,16,19,21-24,28,36,39-40,44-45,47-48,51,81H,17-18,20,25-27,29-32H2,1-9H3,(H,72,82)(H,73,84)(H,74,85)(H,75,83). The number of benzene rings is 2. The summed E-state index contributed by atoms with van der Waals surface area (Å²) < 4.78 is 161. The fourth-order valence-electron chi connectivity index (χ4n) is 10.5. The number of amides is 5. The molecule has 6 atom stereocenters. The highest BCUT2D eigenvalue weighted by atomic mass is 19.4. The van der Waals surface area contributed by atoms with Gasteiger partial charge in [-0.1, -0.05) is 24.0 Å². The van der Waals surface area contributed by atoms with Gasteiger partial charge in [-0.3, -0.25) is 19.9 Å². The Bertz CT molecular complexity index is 3200. The molecule has 4 aromatic rings. The number of aromatic nitrogens is 3. The Labute approximate surface area is 506 Å². The van der Waals surface area contributed by atoms with Crippen molar-refractivity contribution in [2.45, 2.75) is 135 Å². The number of carbonyl (C=O) groups is 5. The Kier molecular flexibility index (Phi) is 21.2. The van der Waals surface area contributed by atoms with Crippen molar-refractivity contribution in [2.24, 2.45) is 16.7 Å². The van der Waals surface area contributed by atoms with Crippen molar-refractivity contribution in [1.82, 2.24) is 50.9 Å². The van der Waals surface area contributed by atoms with Crippen LogP contribution in [0.2, 0.25) is 0 Å². The Balaban J connectivity index is 1.13. The van der Waals surface area contributed by atoms with Crippen LogP contribution in [0.25, 0.3) is 11.1 Å². The number of nitrogens with one attached hydrogen (secondary N) is 4. The van der Waals surface area contributed by atoms with Gasteiger partial charge in [-0.15, -0.1) is 0 Å². The molecule has 0 aliphatic carbocycles. The molecule has 3 saturated heterocycles. The van der Waals surface area contributed by atoms with Crippen LogP contribution in [0.4, 0.5) is 64.1 Å². The molecule has 5 N–H and O–H groups in total. The molecule has 30 heteroatoms. The number of rotatable bonds is 20. The van der Waals surface area contributed by atoms with Crippen LogP contribution < -0.4 is 26.3 Å². The van der Waals surface area contributed by atoms with Gasteiger partial charge in [-0.05, 0) is 115 Å². The summed E-state index contributed by atoms with van der Waals surface area (Å²) >= 11 is 0. The lowest BCUT2D eigenvalue weighted by Crippen LogP contribution is -2.63. The zero-order valence-corrected chi connectivity index (χ0v) is 50.2. The summed E-state index contributed by atoms with van der Waals surface area (Å²) in [6.45, 7) is 6.09. The number of alkyl carbamates (subject to hydrolysis) is 2. The van der Waals surface area contributed by atoms with Crippen LogP contribution in [0.1, 0.15) is 90.1 Å². The molecule has 3 aliphatic heterocycles. The van der Waals surface area contributed by atoms with Gasteiger partial charge in [-0.25, -0.2) is 37.8 Å². The zero-order chi connectivity index (χ0) is 65.7. The molecule has 0 spiro atoms. The molecule has 0 saturated carbocycles. The summed E-state index contributed by atoms with van der Waals surface area (Å²) in [6, 6.07) is 4.91. The SMILES string of the molecule is COC(=O)NC(C(=O)NC(Cc1ccc(C#Cc2ccc(N3CC4CCC(C3)N4CC3CN(C(=O)OC(C)(C)C)C3)nc2)cc1)C(O)CN(Cc1c(F)cc(-c2cnn(C(F)F)c2)cc1F)NC(=O)C(NC(=O)OC)C(C)(C)C(F)(F)F)C(C)(C)C(F)(F)F. The largest absolute Gasteiger partial charge is 0.453 e. The molecule has 3 fully saturated rings. The van der Waals surface area contributed by atoms with E-state index < -0.39 is 120 Å². The van der Waals surface area contributed by atoms with Crippen LogP contribution in [0.3, 0.4) is 0 Å². The number of hydrogen-bond donors (Lipinski definition) is 5. The van der Waals surface area contributed by atoms with Gasteiger partial charge in [0.1, 0.15) is 35.1 Å². The summed E-state index contributed by atoms with van der Waals surface area (Å²) in [4.78, 5) is 76.8. The Morgan fingerprint density at radius 3 is 1.76 bits per heavy atom. The molecule has 89 heavy (non-hydrogen) atoms. The van der Waals surface area contributed by atoms with Crippen molar-refractivity contribution in [3.8, 4) is 23.0 Å². The van der Waals surface area contributed by atoms with Crippen LogP contribution in [-0.4, -0.2) is 173 Å². The van der Waals surface area contributed by atoms with E-state index in [1.165, 1.54) is 24.3 Å². The molecule has 2 aromatic carbocycles. The second-order valence-corrected chi connectivity index (χ2v) is 24.3. The van der Waals surface area contributed by atoms with Crippen LogP contribution >= 0.6 is 0 Å². The van der Waals surface area contributed by atoms with Crippen molar-refractivity contribution in [2.75, 3.05) is 58.4 Å². The number of pyridine rings is 1. The van der Waals surface area contributed by atoms with E-state index in [9.17, 15) is 64.2 Å². The number of aliphatic hydroxyl groups is 1. The molecule has 2 aromatic heterocycles. The predicted molar refractivity (Wildman–Crippen MR) is 301 cm³/mol. The number of ether oxygens (including phenoxy) is 3. The number of piperazine rings is 1. The number of anilines is 1. The molecular weight excluding hydrogens is 1200 g/mol. The maximum Gasteiger partial charge on any atom is 0.410 e. The number of likely N-dealkylation sites (tertiary alicyclic amines) is 1. The third kappa shape index (κ3) is 16.9. The van der Waals surface area contributed by atoms with E-state index in [4.69, 9.17) is 9.72 Å². The number of aliphatic hydroxyl groups excluding tert-OH is 1. The van der Waals surface area contributed by atoms with Crippen LogP contribution in [0, 0.1) is 40.2 Å². The summed E-state index contributed by atoms with van der Waals surface area (Å²) in [6.07, 6.45) is -11.0. The van der Waals surface area contributed by atoms with Crippen molar-refractivity contribution in [1.29, 1.82) is 0 Å². The second kappa shape index (κ2) is 27.5. The van der Waals surface area contributed by atoms with E-state index in [-0.39, 0.29) is 27.5 Å². The van der Waals surface area contributed by atoms with E-state index in [0.29, 0.717) is 87.1 Å². The van der Waals surface area contributed by atoms with Gasteiger partial charge in [0.15, 0.2) is 0 Å². The number of carbonyl (C=O) groups excluding carboxylic acids is 5. The van der Waals surface area contributed by atoms with E-state index in [0.717, 1.165) is 64.9 Å². The normalized spacial score (nSPS) is 18.0. The van der Waals surface area contributed by atoms with Gasteiger partial charge < -0.3 is 45.1 Å². The van der Waals surface area contributed by atoms with Gasteiger partial charge in [-0.2, -0.15) is 40.2 Å². The molecule has 20 nitrogen and oxygen atoms in total. The number of hydrazine groups is 1. The Morgan fingerprint density at radius 1 is 0.730 bits per heavy atom. The molecule has 6 unspecified atom stereocenters. The number of alkyl halides is 8. The third-order valence-electron chi connectivity index (χ3n) is 16.0. The maximum absolute atomic E-state index is 16.1. The molecular formula is C59H71F10N11O9. The number of nitrogens with zero attached hydrogens (tertiary/aromatic N) is 7. The maximum atomic E-state index is 16.1. The van der Waals surface area contributed by atoms with Crippen molar-refractivity contribution >= 4 is 35.9 Å². The van der Waals surface area contributed by atoms with Gasteiger partial charge >= 0.3 is 37.2 Å². The number of halogens is 10. The van der Waals surface area contributed by atoms with Crippen molar-refractivity contribution in [3.05, 3.63) is 101 Å². The summed E-state index contributed by atoms with van der Waals surface area (Å²) in [7, 11) is 1.60. The monoisotopic (exact) mass is 1270 g/mol. The van der Waals surface area contributed by atoms with Crippen molar-refractivity contribution in [3.63, 3.8) is 0 Å². The topological polar surface area (TPSA) is 225 Å². The molecule has 2 bridgehead atoms. The lowest BCUT2D eigenvalue weighted by atomic mass is 9.82. The molecule has 5 amide bonds. The second-order valence-electron chi connectivity index (χ2n) is 24.3. The minimum atomic E-state index is -5.24. The van der Waals surface area contributed by atoms with Crippen LogP contribution in [0.15, 0.2) is 67.1 Å². The smallest absolute Gasteiger partial charge is 0.410 e. The first-order valence-corrected chi connectivity index (χ1v) is 28.2. The summed E-state index contributed by atoms with van der Waals surface area (Å²) in [5, 5.41) is 22.0. The highest BCUT2D eigenvalue weighted by Gasteiger charge is 2.57. The van der Waals surface area contributed by atoms with Gasteiger partial charge in [0, 0.05) is 98.5 Å². The lowest BCUT2D eigenvalue weighted by Gasteiger charge is -2.46. The molecule has 0 radical (unpaired) electrons. The lowest BCUT2D eigenvalue weighted by molar-refractivity contribution is -0.221. The first-order chi connectivity index (χ1) is 41.5. The Morgan fingerprint density at radius 2 is 1.27 bits per heavy atom. The summed E-state index contributed by atoms with van der Waals surface area (Å²) in [5.74, 6) is 1.11. The zero-order valence-electron chi connectivity index (χ0n) is 50.2. The van der Waals surface area contributed by atoms with Crippen LogP contribution in [-0.2, 0) is 36.8 Å². The predicted octanol–water partition coefficient (Wildman–Crippen LogP) is 8.09. The van der Waals surface area contributed by atoms with E-state index in [1.807, 2.05) is 43.6 Å². The number of hydrogen-bond acceptors (Lipinski definition) is 14. The summed E-state index contributed by atoms with van der Waals surface area (Å²) in [5.41, 5.74) is -4.88. The first kappa shape index (κ1) is 68.6. The minimum Gasteiger partial charge on any atom is -0.453 e. The minimum absolute atomic E-state index is 0.179. The third-order valence-corrected chi connectivity index (χ3v) is 16.0. The highest BCUT2D eigenvalue weighted by molar-refractivity contribution is 5.87. The van der Waals surface area contributed by atoms with Gasteiger partial charge in [0.2, 0.25) is 5.91 Å². The molecule has 3 aliphatic rings. The molecule has 5 heterocycles. The number of fused-ring (bicyclic) bond motifs is 2.